The first-order valence-corrected chi connectivity index (χ1v) is 10.2. The molecule has 0 radical (unpaired) electrons. The third kappa shape index (κ3) is 5.29. The molecule has 0 spiro atoms. The number of carbonyl (C=O) groups is 1. The number of hydrogen-bond donors (Lipinski definition) is 1. The first kappa shape index (κ1) is 18.9. The first-order valence-electron chi connectivity index (χ1n) is 9.29. The number of nitrogens with one attached hydrogen (secondary N) is 1. The largest absolute Gasteiger partial charge is 0.335 e. The van der Waals surface area contributed by atoms with Crippen molar-refractivity contribution >= 4 is 17.4 Å². The third-order valence-electron chi connectivity index (χ3n) is 4.95. The number of aromatic nitrogens is 1. The number of likely N-dealkylation sites (tertiary alicyclic amines) is 1. The second-order valence-electron chi connectivity index (χ2n) is 7.15. The Morgan fingerprint density at radius 3 is 2.73 bits per heavy atom. The Labute approximate surface area is 160 Å². The maximum absolute atomic E-state index is 13.1. The summed E-state index contributed by atoms with van der Waals surface area (Å²) in [7, 11) is 2.15. The molecule has 1 saturated heterocycles. The molecule has 6 heteroatoms. The van der Waals surface area contributed by atoms with Crippen molar-refractivity contribution in [2.45, 2.75) is 44.8 Å². The fourth-order valence-electron chi connectivity index (χ4n) is 3.43. The van der Waals surface area contributed by atoms with Crippen LogP contribution in [-0.2, 0) is 13.0 Å². The zero-order valence-electron chi connectivity index (χ0n) is 15.6. The summed E-state index contributed by atoms with van der Waals surface area (Å²) >= 11 is 1.74. The molecule has 26 heavy (non-hydrogen) atoms. The highest BCUT2D eigenvalue weighted by atomic mass is 32.1. The monoisotopic (exact) mass is 372 g/mol. The zero-order valence-corrected chi connectivity index (χ0v) is 16.4. The molecule has 1 aliphatic heterocycles. The van der Waals surface area contributed by atoms with Crippen LogP contribution in [-0.4, -0.2) is 53.0 Å². The molecule has 1 fully saturated rings. The summed E-state index contributed by atoms with van der Waals surface area (Å²) < 4.78 is 0. The van der Waals surface area contributed by atoms with Crippen LogP contribution in [0.4, 0.5) is 4.79 Å². The van der Waals surface area contributed by atoms with Gasteiger partial charge in [-0.1, -0.05) is 6.07 Å². The van der Waals surface area contributed by atoms with Crippen molar-refractivity contribution in [2.75, 3.05) is 20.1 Å². The van der Waals surface area contributed by atoms with Crippen LogP contribution < -0.4 is 5.32 Å². The average molecular weight is 373 g/mol. The Morgan fingerprint density at radius 1 is 1.35 bits per heavy atom. The van der Waals surface area contributed by atoms with Crippen LogP contribution in [0.15, 0.2) is 42.0 Å². The Kier molecular flexibility index (Phi) is 6.63. The van der Waals surface area contributed by atoms with Crippen molar-refractivity contribution in [3.8, 4) is 0 Å². The molecule has 5 nitrogen and oxygen atoms in total. The van der Waals surface area contributed by atoms with E-state index >= 15 is 0 Å². The van der Waals surface area contributed by atoms with Crippen LogP contribution in [0, 0.1) is 0 Å². The van der Waals surface area contributed by atoms with Crippen molar-refractivity contribution in [1.29, 1.82) is 0 Å². The Hall–Kier alpha value is -1.92. The summed E-state index contributed by atoms with van der Waals surface area (Å²) in [5.74, 6) is 0. The van der Waals surface area contributed by atoms with E-state index in [0.717, 1.165) is 37.9 Å². The number of hydrogen-bond acceptors (Lipinski definition) is 4. The fraction of sp³-hybridized carbons (Fsp3) is 0.500. The molecule has 140 valence electrons. The summed E-state index contributed by atoms with van der Waals surface area (Å²) in [6.45, 7) is 4.79. The van der Waals surface area contributed by atoms with Gasteiger partial charge in [0.25, 0.3) is 0 Å². The smallest absolute Gasteiger partial charge is 0.318 e. The number of thiophene rings is 1. The van der Waals surface area contributed by atoms with Crippen molar-refractivity contribution in [1.82, 2.24) is 20.1 Å². The van der Waals surface area contributed by atoms with E-state index in [1.807, 2.05) is 17.0 Å². The van der Waals surface area contributed by atoms with Crippen LogP contribution >= 0.6 is 11.3 Å². The van der Waals surface area contributed by atoms with Gasteiger partial charge < -0.3 is 15.1 Å². The van der Waals surface area contributed by atoms with Crippen molar-refractivity contribution in [3.05, 3.63) is 52.5 Å². The molecule has 2 aromatic rings. The molecule has 1 N–H and O–H groups in total. The quantitative estimate of drug-likeness (QED) is 0.846. The van der Waals surface area contributed by atoms with Gasteiger partial charge in [-0.3, -0.25) is 4.98 Å². The van der Waals surface area contributed by atoms with Gasteiger partial charge in [0.2, 0.25) is 0 Å². The highest BCUT2D eigenvalue weighted by molar-refractivity contribution is 7.09. The molecule has 0 aliphatic carbocycles. The number of amides is 2. The van der Waals surface area contributed by atoms with Crippen LogP contribution in [0.3, 0.4) is 0 Å². The number of rotatable bonds is 6. The molecule has 3 heterocycles. The van der Waals surface area contributed by atoms with E-state index in [-0.39, 0.29) is 18.1 Å². The Balaban J connectivity index is 1.66. The molecular weight excluding hydrogens is 344 g/mol. The Morgan fingerprint density at radius 2 is 2.08 bits per heavy atom. The van der Waals surface area contributed by atoms with Gasteiger partial charge >= 0.3 is 6.03 Å². The van der Waals surface area contributed by atoms with E-state index in [2.05, 4.69) is 46.7 Å². The molecule has 3 rings (SSSR count). The van der Waals surface area contributed by atoms with Gasteiger partial charge in [-0.05, 0) is 69.0 Å². The first-order chi connectivity index (χ1) is 12.6. The van der Waals surface area contributed by atoms with Crippen LogP contribution in [0.2, 0.25) is 0 Å². The number of piperidine rings is 1. The van der Waals surface area contributed by atoms with Gasteiger partial charge in [0.15, 0.2) is 0 Å². The predicted octanol–water partition coefficient (Wildman–Crippen LogP) is 3.38. The lowest BCUT2D eigenvalue weighted by Gasteiger charge is -2.38. The van der Waals surface area contributed by atoms with Crippen molar-refractivity contribution < 1.29 is 4.79 Å². The van der Waals surface area contributed by atoms with Gasteiger partial charge in [0.1, 0.15) is 0 Å². The van der Waals surface area contributed by atoms with E-state index in [0.29, 0.717) is 6.54 Å². The third-order valence-corrected chi connectivity index (χ3v) is 5.85. The Bertz CT molecular complexity index is 668. The highest BCUT2D eigenvalue weighted by Crippen LogP contribution is 2.19. The minimum absolute atomic E-state index is 0.0421. The lowest BCUT2D eigenvalue weighted by atomic mass is 10.0. The van der Waals surface area contributed by atoms with Gasteiger partial charge in [0, 0.05) is 42.3 Å². The van der Waals surface area contributed by atoms with E-state index in [1.54, 1.807) is 23.7 Å². The second-order valence-corrected chi connectivity index (χ2v) is 8.18. The molecular formula is C20H28N4OS. The topological polar surface area (TPSA) is 48.5 Å². The lowest BCUT2D eigenvalue weighted by Crippen LogP contribution is -2.51. The highest BCUT2D eigenvalue weighted by Gasteiger charge is 2.27. The molecule has 1 atom stereocenters. The summed E-state index contributed by atoms with van der Waals surface area (Å²) in [6, 6.07) is 8.61. The maximum atomic E-state index is 13.1. The van der Waals surface area contributed by atoms with E-state index in [1.165, 1.54) is 4.88 Å². The van der Waals surface area contributed by atoms with Crippen molar-refractivity contribution in [3.63, 3.8) is 0 Å². The second kappa shape index (κ2) is 9.14. The SMILES string of the molecule is C[C@H](Cc1cccs1)NC(=O)N(Cc1ccncc1)C1CCN(C)CC1. The maximum Gasteiger partial charge on any atom is 0.318 e. The molecule has 2 aromatic heterocycles. The molecule has 1 aliphatic rings. The van der Waals surface area contributed by atoms with Crippen LogP contribution in [0.1, 0.15) is 30.2 Å². The van der Waals surface area contributed by atoms with Gasteiger partial charge in [-0.25, -0.2) is 4.79 Å². The standard InChI is InChI=1S/C20H28N4OS/c1-16(14-19-4-3-13-26-19)22-20(25)24(15-17-5-9-21-10-6-17)18-7-11-23(2)12-8-18/h3-6,9-10,13,16,18H,7-8,11-12,14-15H2,1-2H3,(H,22,25)/t16-/m1/s1. The minimum atomic E-state index is 0.0421. The minimum Gasteiger partial charge on any atom is -0.335 e. The number of pyridine rings is 1. The summed E-state index contributed by atoms with van der Waals surface area (Å²) in [4.78, 5) is 22.8. The molecule has 0 aromatic carbocycles. The number of urea groups is 1. The van der Waals surface area contributed by atoms with Gasteiger partial charge in [-0.15, -0.1) is 11.3 Å². The van der Waals surface area contributed by atoms with Crippen LogP contribution in [0.25, 0.3) is 0 Å². The zero-order chi connectivity index (χ0) is 18.4. The molecule has 0 saturated carbocycles. The number of carbonyl (C=O) groups excluding carboxylic acids is 1. The summed E-state index contributed by atoms with van der Waals surface area (Å²) in [6.07, 6.45) is 6.50. The summed E-state index contributed by atoms with van der Waals surface area (Å²) in [5.41, 5.74) is 1.12. The van der Waals surface area contributed by atoms with Gasteiger partial charge in [-0.2, -0.15) is 0 Å². The van der Waals surface area contributed by atoms with E-state index in [9.17, 15) is 4.79 Å². The predicted molar refractivity (Wildman–Crippen MR) is 106 cm³/mol. The van der Waals surface area contributed by atoms with Crippen molar-refractivity contribution in [2.24, 2.45) is 0 Å². The normalized spacial score (nSPS) is 17.0. The average Bonchev–Trinajstić information content (AvgIpc) is 3.14. The summed E-state index contributed by atoms with van der Waals surface area (Å²) in [5, 5.41) is 5.29. The molecule has 0 unspecified atom stereocenters. The molecule has 2 amide bonds. The number of nitrogens with zero attached hydrogens (tertiary/aromatic N) is 3. The fourth-order valence-corrected chi connectivity index (χ4v) is 4.27. The van der Waals surface area contributed by atoms with Gasteiger partial charge in [0.05, 0.1) is 0 Å². The lowest BCUT2D eigenvalue weighted by molar-refractivity contribution is 0.125. The molecule has 0 bridgehead atoms. The van der Waals surface area contributed by atoms with Crippen LogP contribution in [0.5, 0.6) is 0 Å². The van der Waals surface area contributed by atoms with E-state index < -0.39 is 0 Å². The van der Waals surface area contributed by atoms with E-state index in [4.69, 9.17) is 0 Å².